The summed E-state index contributed by atoms with van der Waals surface area (Å²) in [6, 6.07) is 0. The Hall–Kier alpha value is 0.430. The number of carbonyl (C=O) groups is 1. The summed E-state index contributed by atoms with van der Waals surface area (Å²) in [6.07, 6.45) is 22.2. The third-order valence-electron chi connectivity index (χ3n) is 5.10. The van der Waals surface area contributed by atoms with Crippen LogP contribution < -0.4 is 0 Å². The van der Waals surface area contributed by atoms with Crippen LogP contribution in [0.15, 0.2) is 0 Å². The standard InChI is InChI=1S/C22H42Br2O2/c1-2-3-4-5-11-14-17-20(23)21(24)18-15-12-9-7-6-8-10-13-16-19-22(25)26/h20-21H,2-19H2,1H3,(H,25,26)/t20-,21+/m1/s1. The molecule has 0 aromatic carbocycles. The number of halogens is 2. The van der Waals surface area contributed by atoms with Gasteiger partial charge >= 0.3 is 5.97 Å². The summed E-state index contributed by atoms with van der Waals surface area (Å²) in [6.45, 7) is 2.27. The predicted octanol–water partition coefficient (Wildman–Crippen LogP) is 8.64. The van der Waals surface area contributed by atoms with Crippen LogP contribution in [0.2, 0.25) is 0 Å². The molecule has 2 nitrogen and oxygen atoms in total. The van der Waals surface area contributed by atoms with Crippen LogP contribution in [-0.4, -0.2) is 20.7 Å². The van der Waals surface area contributed by atoms with Crippen molar-refractivity contribution in [1.29, 1.82) is 0 Å². The van der Waals surface area contributed by atoms with Crippen LogP contribution in [0.5, 0.6) is 0 Å². The lowest BCUT2D eigenvalue weighted by atomic mass is 10.0. The fourth-order valence-corrected chi connectivity index (χ4v) is 4.51. The molecule has 0 aromatic heterocycles. The highest BCUT2D eigenvalue weighted by atomic mass is 79.9. The van der Waals surface area contributed by atoms with E-state index in [1.165, 1.54) is 96.3 Å². The second-order valence-corrected chi connectivity index (χ2v) is 10.1. The maximum atomic E-state index is 10.4. The smallest absolute Gasteiger partial charge is 0.303 e. The zero-order chi connectivity index (χ0) is 19.5. The van der Waals surface area contributed by atoms with Gasteiger partial charge in [0.2, 0.25) is 0 Å². The molecule has 0 spiro atoms. The second-order valence-electron chi connectivity index (χ2n) is 7.70. The summed E-state index contributed by atoms with van der Waals surface area (Å²) in [4.78, 5) is 11.7. The fraction of sp³-hybridized carbons (Fsp3) is 0.955. The van der Waals surface area contributed by atoms with Crippen LogP contribution in [0.4, 0.5) is 0 Å². The van der Waals surface area contributed by atoms with Gasteiger partial charge in [0.15, 0.2) is 0 Å². The minimum Gasteiger partial charge on any atom is -0.481 e. The zero-order valence-electron chi connectivity index (χ0n) is 17.0. The molecule has 156 valence electrons. The van der Waals surface area contributed by atoms with Crippen LogP contribution >= 0.6 is 31.9 Å². The first-order valence-electron chi connectivity index (χ1n) is 11.1. The molecule has 0 unspecified atom stereocenters. The van der Waals surface area contributed by atoms with Crippen LogP contribution in [0, 0.1) is 0 Å². The first-order valence-corrected chi connectivity index (χ1v) is 12.9. The van der Waals surface area contributed by atoms with Gasteiger partial charge in [-0.15, -0.1) is 0 Å². The van der Waals surface area contributed by atoms with Gasteiger partial charge in [0.1, 0.15) is 0 Å². The van der Waals surface area contributed by atoms with Crippen LogP contribution in [0.3, 0.4) is 0 Å². The van der Waals surface area contributed by atoms with Crippen LogP contribution in [-0.2, 0) is 4.79 Å². The van der Waals surface area contributed by atoms with Gasteiger partial charge in [0.05, 0.1) is 0 Å². The van der Waals surface area contributed by atoms with Gasteiger partial charge in [-0.2, -0.15) is 0 Å². The molecular formula is C22H42Br2O2. The molecule has 0 amide bonds. The van der Waals surface area contributed by atoms with Gasteiger partial charge in [0.25, 0.3) is 0 Å². The summed E-state index contributed by atoms with van der Waals surface area (Å²) >= 11 is 7.75. The van der Waals surface area contributed by atoms with Gasteiger partial charge in [0, 0.05) is 16.1 Å². The van der Waals surface area contributed by atoms with Crippen LogP contribution in [0.25, 0.3) is 0 Å². The lowest BCUT2D eigenvalue weighted by Gasteiger charge is -2.16. The van der Waals surface area contributed by atoms with Crippen molar-refractivity contribution in [3.05, 3.63) is 0 Å². The number of alkyl halides is 2. The molecule has 0 saturated carbocycles. The predicted molar refractivity (Wildman–Crippen MR) is 122 cm³/mol. The SMILES string of the molecule is CCCCCCCC[C@@H](Br)[C@@H](Br)CCCCCCCCCCCC(=O)O. The average Bonchev–Trinajstić information content (AvgIpc) is 2.61. The minimum absolute atomic E-state index is 0.334. The maximum Gasteiger partial charge on any atom is 0.303 e. The molecule has 0 rings (SSSR count). The Bertz CT molecular complexity index is 311. The molecule has 0 radical (unpaired) electrons. The Labute approximate surface area is 179 Å². The lowest BCUT2D eigenvalue weighted by Crippen LogP contribution is -2.13. The fourth-order valence-electron chi connectivity index (χ4n) is 3.33. The molecule has 0 aliphatic carbocycles. The average molecular weight is 498 g/mol. The van der Waals surface area contributed by atoms with E-state index in [0.717, 1.165) is 12.8 Å². The van der Waals surface area contributed by atoms with Crippen molar-refractivity contribution in [2.75, 3.05) is 0 Å². The highest BCUT2D eigenvalue weighted by molar-refractivity contribution is 9.12. The van der Waals surface area contributed by atoms with Gasteiger partial charge in [-0.1, -0.05) is 129 Å². The molecular weight excluding hydrogens is 456 g/mol. The zero-order valence-corrected chi connectivity index (χ0v) is 20.2. The quantitative estimate of drug-likeness (QED) is 0.135. The van der Waals surface area contributed by atoms with Crippen molar-refractivity contribution >= 4 is 37.8 Å². The Balaban J connectivity index is 3.31. The number of carboxylic acid groups (broad SMARTS) is 1. The van der Waals surface area contributed by atoms with E-state index >= 15 is 0 Å². The van der Waals surface area contributed by atoms with E-state index < -0.39 is 5.97 Å². The summed E-state index contributed by atoms with van der Waals surface area (Å²) in [5, 5.41) is 8.59. The van der Waals surface area contributed by atoms with Gasteiger partial charge in [-0.05, 0) is 19.3 Å². The molecule has 0 bridgehead atoms. The minimum atomic E-state index is -0.659. The third kappa shape index (κ3) is 19.2. The molecule has 0 aliphatic heterocycles. The largest absolute Gasteiger partial charge is 0.481 e. The number of hydrogen-bond donors (Lipinski definition) is 1. The van der Waals surface area contributed by atoms with E-state index in [0.29, 0.717) is 16.1 Å². The number of unbranched alkanes of at least 4 members (excludes halogenated alkanes) is 13. The van der Waals surface area contributed by atoms with Crippen molar-refractivity contribution in [1.82, 2.24) is 0 Å². The monoisotopic (exact) mass is 496 g/mol. The number of rotatable bonds is 20. The lowest BCUT2D eigenvalue weighted by molar-refractivity contribution is -0.137. The van der Waals surface area contributed by atoms with E-state index in [2.05, 4.69) is 38.8 Å². The Kier molecular flexibility index (Phi) is 20.5. The van der Waals surface area contributed by atoms with E-state index in [-0.39, 0.29) is 0 Å². The van der Waals surface area contributed by atoms with Crippen LogP contribution in [0.1, 0.15) is 122 Å². The van der Waals surface area contributed by atoms with E-state index in [1.54, 1.807) is 0 Å². The number of aliphatic carboxylic acids is 1. The Morgan fingerprint density at radius 1 is 0.654 bits per heavy atom. The molecule has 0 aromatic rings. The first kappa shape index (κ1) is 26.4. The molecule has 2 atom stereocenters. The number of hydrogen-bond acceptors (Lipinski definition) is 1. The van der Waals surface area contributed by atoms with Crippen molar-refractivity contribution in [3.8, 4) is 0 Å². The topological polar surface area (TPSA) is 37.3 Å². The molecule has 0 fully saturated rings. The maximum absolute atomic E-state index is 10.4. The van der Waals surface area contributed by atoms with Gasteiger partial charge in [-0.3, -0.25) is 4.79 Å². The summed E-state index contributed by atoms with van der Waals surface area (Å²) < 4.78 is 0. The Morgan fingerprint density at radius 3 is 1.38 bits per heavy atom. The molecule has 0 aliphatic rings. The van der Waals surface area contributed by atoms with Gasteiger partial charge in [-0.25, -0.2) is 0 Å². The normalized spacial score (nSPS) is 13.7. The highest BCUT2D eigenvalue weighted by Crippen LogP contribution is 2.25. The second kappa shape index (κ2) is 20.2. The van der Waals surface area contributed by atoms with E-state index in [4.69, 9.17) is 5.11 Å². The molecule has 1 N–H and O–H groups in total. The summed E-state index contributed by atoms with van der Waals surface area (Å²) in [5.74, 6) is -0.659. The summed E-state index contributed by atoms with van der Waals surface area (Å²) in [5.41, 5.74) is 0. The van der Waals surface area contributed by atoms with Crippen molar-refractivity contribution in [2.45, 2.75) is 132 Å². The van der Waals surface area contributed by atoms with Gasteiger partial charge < -0.3 is 5.11 Å². The highest BCUT2D eigenvalue weighted by Gasteiger charge is 2.14. The van der Waals surface area contributed by atoms with E-state index in [9.17, 15) is 4.79 Å². The summed E-state index contributed by atoms with van der Waals surface area (Å²) in [7, 11) is 0. The van der Waals surface area contributed by atoms with Crippen molar-refractivity contribution in [2.24, 2.45) is 0 Å². The number of carboxylic acids is 1. The van der Waals surface area contributed by atoms with Crippen molar-refractivity contribution in [3.63, 3.8) is 0 Å². The van der Waals surface area contributed by atoms with Crippen molar-refractivity contribution < 1.29 is 9.90 Å². The Morgan fingerprint density at radius 2 is 1.00 bits per heavy atom. The third-order valence-corrected chi connectivity index (χ3v) is 8.00. The molecule has 4 heteroatoms. The molecule has 26 heavy (non-hydrogen) atoms. The molecule has 0 heterocycles. The molecule has 0 saturated heterocycles. The first-order chi connectivity index (χ1) is 12.6. The van der Waals surface area contributed by atoms with E-state index in [1.807, 2.05) is 0 Å².